The lowest BCUT2D eigenvalue weighted by Gasteiger charge is -2.33. The van der Waals surface area contributed by atoms with Gasteiger partial charge in [0.15, 0.2) is 0 Å². The Morgan fingerprint density at radius 1 is 1.32 bits per heavy atom. The molecule has 0 aromatic carbocycles. The molecule has 0 radical (unpaired) electrons. The average Bonchev–Trinajstić information content (AvgIpc) is 2.71. The Kier molecular flexibility index (Phi) is 3.97. The Bertz CT molecular complexity index is 432. The zero-order chi connectivity index (χ0) is 13.1. The zero-order valence-electron chi connectivity index (χ0n) is 11.9. The minimum absolute atomic E-state index is 0.656. The van der Waals surface area contributed by atoms with Gasteiger partial charge >= 0.3 is 0 Å². The first-order valence-electron chi connectivity index (χ1n) is 7.70. The highest BCUT2D eigenvalue weighted by Gasteiger charge is 2.25. The van der Waals surface area contributed by atoms with Gasteiger partial charge in [0, 0.05) is 37.7 Å². The third-order valence-electron chi connectivity index (χ3n) is 4.47. The zero-order valence-corrected chi connectivity index (χ0v) is 11.9. The van der Waals surface area contributed by atoms with Crippen molar-refractivity contribution in [2.24, 2.45) is 0 Å². The Morgan fingerprint density at radius 2 is 2.26 bits per heavy atom. The summed E-state index contributed by atoms with van der Waals surface area (Å²) in [4.78, 5) is 11.7. The van der Waals surface area contributed by atoms with Crippen LogP contribution in [-0.4, -0.2) is 29.1 Å². The molecule has 2 aliphatic heterocycles. The Morgan fingerprint density at radius 3 is 3.16 bits per heavy atom. The SMILES string of the molecule is CCC1CCCCCN1c1ncnc2c1CNCC2. The minimum Gasteiger partial charge on any atom is -0.353 e. The third-order valence-corrected chi connectivity index (χ3v) is 4.47. The molecule has 3 rings (SSSR count). The van der Waals surface area contributed by atoms with Gasteiger partial charge in [-0.1, -0.05) is 19.8 Å². The highest BCUT2D eigenvalue weighted by molar-refractivity contribution is 5.50. The molecular formula is C15H24N4. The first-order chi connectivity index (χ1) is 9.40. The molecule has 1 aromatic heterocycles. The van der Waals surface area contributed by atoms with Gasteiger partial charge in [-0.15, -0.1) is 0 Å². The molecule has 0 saturated carbocycles. The molecule has 19 heavy (non-hydrogen) atoms. The third kappa shape index (κ3) is 2.59. The van der Waals surface area contributed by atoms with Crippen LogP contribution in [-0.2, 0) is 13.0 Å². The van der Waals surface area contributed by atoms with Crippen molar-refractivity contribution >= 4 is 5.82 Å². The van der Waals surface area contributed by atoms with Crippen LogP contribution in [0.4, 0.5) is 5.82 Å². The molecule has 1 fully saturated rings. The van der Waals surface area contributed by atoms with Gasteiger partial charge < -0.3 is 10.2 Å². The highest BCUT2D eigenvalue weighted by Crippen LogP contribution is 2.29. The van der Waals surface area contributed by atoms with Crippen LogP contribution in [0.1, 0.15) is 50.3 Å². The van der Waals surface area contributed by atoms with Gasteiger partial charge in [-0.3, -0.25) is 0 Å². The summed E-state index contributed by atoms with van der Waals surface area (Å²) in [5.74, 6) is 1.20. The number of hydrogen-bond donors (Lipinski definition) is 1. The fraction of sp³-hybridized carbons (Fsp3) is 0.733. The van der Waals surface area contributed by atoms with Crippen molar-refractivity contribution in [2.75, 3.05) is 18.0 Å². The predicted octanol–water partition coefficient (Wildman–Crippen LogP) is 2.28. The number of aromatic nitrogens is 2. The number of anilines is 1. The monoisotopic (exact) mass is 260 g/mol. The molecule has 4 heteroatoms. The summed E-state index contributed by atoms with van der Waals surface area (Å²) in [6.07, 6.45) is 9.34. The molecule has 1 N–H and O–H groups in total. The molecule has 0 bridgehead atoms. The van der Waals surface area contributed by atoms with Gasteiger partial charge in [0.25, 0.3) is 0 Å². The van der Waals surface area contributed by atoms with Crippen molar-refractivity contribution in [2.45, 2.75) is 58.0 Å². The fourth-order valence-electron chi connectivity index (χ4n) is 3.38. The maximum atomic E-state index is 4.63. The van der Waals surface area contributed by atoms with Crippen molar-refractivity contribution in [3.8, 4) is 0 Å². The summed E-state index contributed by atoms with van der Waals surface area (Å²) in [5, 5.41) is 3.46. The summed E-state index contributed by atoms with van der Waals surface area (Å²) in [6.45, 7) is 5.43. The molecule has 1 aromatic rings. The molecule has 0 spiro atoms. The second-order valence-corrected chi connectivity index (χ2v) is 5.65. The summed E-state index contributed by atoms with van der Waals surface area (Å²) in [6, 6.07) is 0.656. The van der Waals surface area contributed by atoms with E-state index in [0.29, 0.717) is 6.04 Å². The largest absolute Gasteiger partial charge is 0.353 e. The summed E-state index contributed by atoms with van der Waals surface area (Å²) in [7, 11) is 0. The van der Waals surface area contributed by atoms with E-state index in [2.05, 4.69) is 27.1 Å². The van der Waals surface area contributed by atoms with E-state index in [-0.39, 0.29) is 0 Å². The van der Waals surface area contributed by atoms with Crippen molar-refractivity contribution in [3.05, 3.63) is 17.6 Å². The molecule has 3 heterocycles. The Balaban J connectivity index is 1.95. The average molecular weight is 260 g/mol. The summed E-state index contributed by atoms with van der Waals surface area (Å²) >= 11 is 0. The van der Waals surface area contributed by atoms with Crippen molar-refractivity contribution < 1.29 is 0 Å². The maximum Gasteiger partial charge on any atom is 0.136 e. The van der Waals surface area contributed by atoms with Crippen LogP contribution in [0.15, 0.2) is 6.33 Å². The molecule has 0 amide bonds. The first kappa shape index (κ1) is 12.9. The minimum atomic E-state index is 0.656. The van der Waals surface area contributed by atoms with Crippen molar-refractivity contribution in [1.82, 2.24) is 15.3 Å². The lowest BCUT2D eigenvalue weighted by Crippen LogP contribution is -2.37. The van der Waals surface area contributed by atoms with Crippen LogP contribution in [0.5, 0.6) is 0 Å². The van der Waals surface area contributed by atoms with Gasteiger partial charge in [0.2, 0.25) is 0 Å². The summed E-state index contributed by atoms with van der Waals surface area (Å²) < 4.78 is 0. The summed E-state index contributed by atoms with van der Waals surface area (Å²) in [5.41, 5.74) is 2.59. The molecule has 1 unspecified atom stereocenters. The Labute approximate surface area is 115 Å². The van der Waals surface area contributed by atoms with E-state index in [1.165, 1.54) is 49.2 Å². The first-order valence-corrected chi connectivity index (χ1v) is 7.70. The van der Waals surface area contributed by atoms with E-state index in [1.54, 1.807) is 6.33 Å². The van der Waals surface area contributed by atoms with Crippen LogP contribution in [0.3, 0.4) is 0 Å². The van der Waals surface area contributed by atoms with Gasteiger partial charge in [0.05, 0.1) is 5.69 Å². The highest BCUT2D eigenvalue weighted by atomic mass is 15.2. The van der Waals surface area contributed by atoms with Gasteiger partial charge in [0.1, 0.15) is 12.1 Å². The van der Waals surface area contributed by atoms with Crippen LogP contribution >= 0.6 is 0 Å². The molecule has 2 aliphatic rings. The molecule has 1 atom stereocenters. The van der Waals surface area contributed by atoms with Crippen molar-refractivity contribution in [3.63, 3.8) is 0 Å². The maximum absolute atomic E-state index is 4.63. The fourth-order valence-corrected chi connectivity index (χ4v) is 3.38. The lowest BCUT2D eigenvalue weighted by atomic mass is 10.0. The number of rotatable bonds is 2. The van der Waals surface area contributed by atoms with E-state index in [1.807, 2.05) is 0 Å². The van der Waals surface area contributed by atoms with E-state index in [9.17, 15) is 0 Å². The molecule has 1 saturated heterocycles. The van der Waals surface area contributed by atoms with Crippen LogP contribution in [0.2, 0.25) is 0 Å². The van der Waals surface area contributed by atoms with Crippen LogP contribution < -0.4 is 10.2 Å². The number of fused-ring (bicyclic) bond motifs is 1. The lowest BCUT2D eigenvalue weighted by molar-refractivity contribution is 0.543. The quantitative estimate of drug-likeness (QED) is 0.885. The second-order valence-electron chi connectivity index (χ2n) is 5.65. The molecule has 0 aliphatic carbocycles. The van der Waals surface area contributed by atoms with E-state index < -0.39 is 0 Å². The topological polar surface area (TPSA) is 41.1 Å². The van der Waals surface area contributed by atoms with E-state index in [0.717, 1.165) is 26.1 Å². The predicted molar refractivity (Wildman–Crippen MR) is 77.3 cm³/mol. The van der Waals surface area contributed by atoms with Gasteiger partial charge in [-0.2, -0.15) is 0 Å². The van der Waals surface area contributed by atoms with Crippen LogP contribution in [0.25, 0.3) is 0 Å². The van der Waals surface area contributed by atoms with Gasteiger partial charge in [-0.25, -0.2) is 9.97 Å². The number of nitrogens with one attached hydrogen (secondary N) is 1. The molecule has 4 nitrogen and oxygen atoms in total. The van der Waals surface area contributed by atoms with E-state index in [4.69, 9.17) is 0 Å². The number of nitrogens with zero attached hydrogens (tertiary/aromatic N) is 3. The van der Waals surface area contributed by atoms with Crippen molar-refractivity contribution in [1.29, 1.82) is 0 Å². The molecule has 104 valence electrons. The molecular weight excluding hydrogens is 236 g/mol. The standard InChI is InChI=1S/C15H24N4/c1-2-12-6-4-3-5-9-19(12)15-13-10-16-8-7-14(13)17-11-18-15/h11-12,16H,2-10H2,1H3. The normalized spacial score (nSPS) is 23.8. The van der Waals surface area contributed by atoms with E-state index >= 15 is 0 Å². The second kappa shape index (κ2) is 5.87. The van der Waals surface area contributed by atoms with Gasteiger partial charge in [-0.05, 0) is 19.3 Å². The van der Waals surface area contributed by atoms with Crippen LogP contribution in [0, 0.1) is 0 Å². The number of hydrogen-bond acceptors (Lipinski definition) is 4. The Hall–Kier alpha value is -1.16. The smallest absolute Gasteiger partial charge is 0.136 e.